The van der Waals surface area contributed by atoms with Crippen molar-refractivity contribution >= 4 is 0 Å². The highest BCUT2D eigenvalue weighted by Crippen LogP contribution is 2.24. The molecular weight excluding hydrogens is 149 g/mol. The van der Waals surface area contributed by atoms with Crippen molar-refractivity contribution in [2.75, 3.05) is 13.7 Å². The second-order valence-electron chi connectivity index (χ2n) is 1.78. The maximum absolute atomic E-state index is 11.7. The maximum Gasteiger partial charge on any atom is 0.414 e. The number of halogens is 3. The van der Waals surface area contributed by atoms with E-state index in [4.69, 9.17) is 5.11 Å². The third-order valence-electron chi connectivity index (χ3n) is 1.04. The van der Waals surface area contributed by atoms with Gasteiger partial charge in [0.15, 0.2) is 6.10 Å². The average Bonchev–Trinajstić information content (AvgIpc) is 1.80. The van der Waals surface area contributed by atoms with Gasteiger partial charge >= 0.3 is 6.18 Å². The van der Waals surface area contributed by atoms with Gasteiger partial charge in [-0.15, -0.1) is 0 Å². The first-order valence-corrected chi connectivity index (χ1v) is 2.72. The van der Waals surface area contributed by atoms with E-state index >= 15 is 0 Å². The van der Waals surface area contributed by atoms with Crippen LogP contribution in [0.1, 0.15) is 6.42 Å². The van der Waals surface area contributed by atoms with Crippen LogP contribution in [0.4, 0.5) is 13.2 Å². The molecule has 1 atom stereocenters. The molecule has 0 spiro atoms. The fourth-order valence-electron chi connectivity index (χ4n) is 0.532. The zero-order valence-electron chi connectivity index (χ0n) is 5.48. The first kappa shape index (κ1) is 9.71. The predicted octanol–water partition coefficient (Wildman–Crippen LogP) is 0.946. The summed E-state index contributed by atoms with van der Waals surface area (Å²) in [5, 5.41) is 8.15. The normalized spacial score (nSPS) is 15.3. The van der Waals surface area contributed by atoms with Crippen LogP contribution in [0.3, 0.4) is 0 Å². The topological polar surface area (TPSA) is 29.5 Å². The monoisotopic (exact) mass is 158 g/mol. The minimum absolute atomic E-state index is 0.403. The summed E-state index contributed by atoms with van der Waals surface area (Å²) < 4.78 is 39.1. The SMILES string of the molecule is COC(CCO)C(F)(F)F. The molecule has 0 heterocycles. The molecule has 0 aliphatic heterocycles. The van der Waals surface area contributed by atoms with Crippen LogP contribution in [0, 0.1) is 0 Å². The average molecular weight is 158 g/mol. The quantitative estimate of drug-likeness (QED) is 0.662. The van der Waals surface area contributed by atoms with Gasteiger partial charge in [0.1, 0.15) is 0 Å². The fraction of sp³-hybridized carbons (Fsp3) is 1.00. The second-order valence-corrected chi connectivity index (χ2v) is 1.78. The molecule has 0 bridgehead atoms. The summed E-state index contributed by atoms with van der Waals surface area (Å²) in [5.74, 6) is 0. The third-order valence-corrected chi connectivity index (χ3v) is 1.04. The van der Waals surface area contributed by atoms with E-state index in [-0.39, 0.29) is 0 Å². The van der Waals surface area contributed by atoms with Gasteiger partial charge in [0.25, 0.3) is 0 Å². The minimum Gasteiger partial charge on any atom is -0.396 e. The summed E-state index contributed by atoms with van der Waals surface area (Å²) in [6.45, 7) is -0.516. The molecule has 0 aromatic carbocycles. The molecule has 0 fully saturated rings. The predicted molar refractivity (Wildman–Crippen MR) is 28.6 cm³/mol. The Hall–Kier alpha value is -0.290. The summed E-state index contributed by atoms with van der Waals surface area (Å²) >= 11 is 0. The highest BCUT2D eigenvalue weighted by atomic mass is 19.4. The molecule has 10 heavy (non-hydrogen) atoms. The van der Waals surface area contributed by atoms with Crippen LogP contribution in [0.25, 0.3) is 0 Å². The van der Waals surface area contributed by atoms with Crippen LogP contribution >= 0.6 is 0 Å². The lowest BCUT2D eigenvalue weighted by molar-refractivity contribution is -0.216. The van der Waals surface area contributed by atoms with Gasteiger partial charge in [-0.3, -0.25) is 0 Å². The number of hydrogen-bond donors (Lipinski definition) is 1. The van der Waals surface area contributed by atoms with E-state index in [1.807, 2.05) is 0 Å². The van der Waals surface area contributed by atoms with Crippen molar-refractivity contribution in [3.05, 3.63) is 0 Å². The van der Waals surface area contributed by atoms with Gasteiger partial charge in [-0.1, -0.05) is 0 Å². The van der Waals surface area contributed by atoms with Crippen molar-refractivity contribution in [1.29, 1.82) is 0 Å². The molecule has 0 rings (SSSR count). The first-order valence-electron chi connectivity index (χ1n) is 2.72. The lowest BCUT2D eigenvalue weighted by Gasteiger charge is -2.16. The van der Waals surface area contributed by atoms with E-state index in [9.17, 15) is 13.2 Å². The third kappa shape index (κ3) is 3.03. The minimum atomic E-state index is -4.36. The molecule has 1 N–H and O–H groups in total. The van der Waals surface area contributed by atoms with E-state index in [0.717, 1.165) is 7.11 Å². The van der Waals surface area contributed by atoms with Crippen molar-refractivity contribution in [3.8, 4) is 0 Å². The molecule has 0 aromatic rings. The summed E-state index contributed by atoms with van der Waals surface area (Å²) in [6, 6.07) is 0. The number of aliphatic hydroxyl groups is 1. The van der Waals surface area contributed by atoms with Crippen molar-refractivity contribution in [3.63, 3.8) is 0 Å². The largest absolute Gasteiger partial charge is 0.414 e. The highest BCUT2D eigenvalue weighted by Gasteiger charge is 2.39. The molecular formula is C5H9F3O2. The van der Waals surface area contributed by atoms with E-state index in [2.05, 4.69) is 4.74 Å². The summed E-state index contributed by atoms with van der Waals surface area (Å²) in [5.41, 5.74) is 0. The van der Waals surface area contributed by atoms with Gasteiger partial charge < -0.3 is 9.84 Å². The Morgan fingerprint density at radius 3 is 2.10 bits per heavy atom. The van der Waals surface area contributed by atoms with E-state index in [1.165, 1.54) is 0 Å². The van der Waals surface area contributed by atoms with Crippen LogP contribution < -0.4 is 0 Å². The molecule has 0 aliphatic carbocycles. The zero-order chi connectivity index (χ0) is 8.20. The van der Waals surface area contributed by atoms with E-state index < -0.39 is 25.3 Å². The maximum atomic E-state index is 11.7. The summed E-state index contributed by atoms with van der Waals surface area (Å²) in [4.78, 5) is 0. The fourth-order valence-corrected chi connectivity index (χ4v) is 0.532. The molecule has 2 nitrogen and oxygen atoms in total. The smallest absolute Gasteiger partial charge is 0.396 e. The van der Waals surface area contributed by atoms with Gasteiger partial charge in [-0.2, -0.15) is 13.2 Å². The molecule has 62 valence electrons. The number of alkyl halides is 3. The molecule has 0 radical (unpaired) electrons. The summed E-state index contributed by atoms with van der Waals surface area (Å²) in [7, 11) is 0.966. The van der Waals surface area contributed by atoms with Crippen molar-refractivity contribution in [2.24, 2.45) is 0 Å². The molecule has 0 amide bonds. The molecule has 0 aromatic heterocycles. The Bertz CT molecular complexity index is 91.4. The van der Waals surface area contributed by atoms with Crippen molar-refractivity contribution < 1.29 is 23.0 Å². The zero-order valence-corrected chi connectivity index (χ0v) is 5.48. The lowest BCUT2D eigenvalue weighted by Crippen LogP contribution is -2.31. The van der Waals surface area contributed by atoms with Gasteiger partial charge in [-0.05, 0) is 0 Å². The second kappa shape index (κ2) is 3.78. The van der Waals surface area contributed by atoms with Crippen LogP contribution in [0.15, 0.2) is 0 Å². The van der Waals surface area contributed by atoms with E-state index in [0.29, 0.717) is 0 Å². The number of ether oxygens (including phenoxy) is 1. The number of hydrogen-bond acceptors (Lipinski definition) is 2. The number of rotatable bonds is 3. The first-order chi connectivity index (χ1) is 4.52. The Morgan fingerprint density at radius 1 is 1.50 bits per heavy atom. The van der Waals surface area contributed by atoms with Gasteiger partial charge in [0, 0.05) is 20.1 Å². The van der Waals surface area contributed by atoms with Crippen LogP contribution in [0.5, 0.6) is 0 Å². The van der Waals surface area contributed by atoms with E-state index in [1.54, 1.807) is 0 Å². The number of methoxy groups -OCH3 is 1. The molecule has 0 aliphatic rings. The van der Waals surface area contributed by atoms with Crippen LogP contribution in [-0.2, 0) is 4.74 Å². The molecule has 5 heteroatoms. The molecule has 0 saturated carbocycles. The highest BCUT2D eigenvalue weighted by molar-refractivity contribution is 4.65. The van der Waals surface area contributed by atoms with Crippen LogP contribution in [-0.4, -0.2) is 31.1 Å². The van der Waals surface area contributed by atoms with Crippen molar-refractivity contribution in [2.45, 2.75) is 18.7 Å². The van der Waals surface area contributed by atoms with Crippen molar-refractivity contribution in [1.82, 2.24) is 0 Å². The standard InChI is InChI=1S/C5H9F3O2/c1-10-4(2-3-9)5(6,7)8/h4,9H,2-3H2,1H3. The van der Waals surface area contributed by atoms with Crippen LogP contribution in [0.2, 0.25) is 0 Å². The lowest BCUT2D eigenvalue weighted by atomic mass is 10.2. The Labute approximate surface area is 56.6 Å². The Morgan fingerprint density at radius 2 is 2.00 bits per heavy atom. The Balaban J connectivity index is 3.81. The summed E-state index contributed by atoms with van der Waals surface area (Å²) in [6.07, 6.45) is -6.60. The molecule has 0 saturated heterocycles. The number of aliphatic hydroxyl groups excluding tert-OH is 1. The Kier molecular flexibility index (Phi) is 3.67. The van der Waals surface area contributed by atoms with Gasteiger partial charge in [-0.25, -0.2) is 0 Å². The van der Waals surface area contributed by atoms with Gasteiger partial charge in [0.05, 0.1) is 0 Å². The van der Waals surface area contributed by atoms with Gasteiger partial charge in [0.2, 0.25) is 0 Å². The molecule has 1 unspecified atom stereocenters.